The Kier molecular flexibility index (Phi) is 8.48. The Bertz CT molecular complexity index is 718. The number of hydrogen-bond donors (Lipinski definition) is 1. The molecule has 4 nitrogen and oxygen atoms in total. The van der Waals surface area contributed by atoms with Gasteiger partial charge in [-0.2, -0.15) is 0 Å². The number of aryl methyl sites for hydroxylation is 1. The van der Waals surface area contributed by atoms with E-state index in [1.165, 1.54) is 0 Å². The van der Waals surface area contributed by atoms with Crippen LogP contribution in [-0.2, 0) is 11.2 Å². The first-order chi connectivity index (χ1) is 12.6. The molecule has 0 fully saturated rings. The minimum atomic E-state index is -0.00988. The van der Waals surface area contributed by atoms with Gasteiger partial charge >= 0.3 is 0 Å². The van der Waals surface area contributed by atoms with E-state index in [-0.39, 0.29) is 5.91 Å². The summed E-state index contributed by atoms with van der Waals surface area (Å²) in [7, 11) is 0. The van der Waals surface area contributed by atoms with Crippen molar-refractivity contribution in [1.82, 2.24) is 0 Å². The Labute approximate surface area is 164 Å². The molecule has 0 saturated heterocycles. The fraction of sp³-hybridized carbons (Fsp3) is 0.381. The van der Waals surface area contributed by atoms with Gasteiger partial charge in [-0.25, -0.2) is 0 Å². The monoisotopic (exact) mass is 419 g/mol. The van der Waals surface area contributed by atoms with Crippen LogP contribution in [0.25, 0.3) is 0 Å². The van der Waals surface area contributed by atoms with Crippen LogP contribution in [0.4, 0.5) is 5.69 Å². The first kappa shape index (κ1) is 20.3. The summed E-state index contributed by atoms with van der Waals surface area (Å²) < 4.78 is 12.4. The number of halogens is 1. The molecule has 5 heteroatoms. The lowest BCUT2D eigenvalue weighted by Crippen LogP contribution is -2.12. The van der Waals surface area contributed by atoms with E-state index in [0.717, 1.165) is 40.1 Å². The van der Waals surface area contributed by atoms with Crippen molar-refractivity contribution in [1.29, 1.82) is 0 Å². The highest BCUT2D eigenvalue weighted by Gasteiger charge is 2.09. The molecule has 0 saturated carbocycles. The molecule has 0 aliphatic carbocycles. The van der Waals surface area contributed by atoms with E-state index in [4.69, 9.17) is 9.47 Å². The summed E-state index contributed by atoms with van der Waals surface area (Å²) in [5.41, 5.74) is 1.85. The summed E-state index contributed by atoms with van der Waals surface area (Å²) >= 11 is 3.40. The molecule has 0 spiro atoms. The third-order valence-corrected chi connectivity index (χ3v) is 4.31. The molecule has 2 aromatic rings. The van der Waals surface area contributed by atoms with E-state index in [0.29, 0.717) is 26.1 Å². The Balaban J connectivity index is 1.93. The third-order valence-electron chi connectivity index (χ3n) is 3.81. The molecule has 26 heavy (non-hydrogen) atoms. The van der Waals surface area contributed by atoms with Crippen LogP contribution in [0.15, 0.2) is 46.9 Å². The number of unbranched alkanes of at least 4 members (excludes halogenated alkanes) is 1. The molecular weight excluding hydrogens is 394 g/mol. The van der Waals surface area contributed by atoms with Crippen molar-refractivity contribution in [3.63, 3.8) is 0 Å². The maximum atomic E-state index is 12.2. The fourth-order valence-electron chi connectivity index (χ4n) is 2.47. The number of anilines is 1. The van der Waals surface area contributed by atoms with Gasteiger partial charge in [0.25, 0.3) is 0 Å². The standard InChI is InChI=1S/C21H26BrNO3/c1-3-5-13-26-19-11-9-16(14-20(19)25-4-2)10-12-21(24)23-18-8-6-7-17(22)15-18/h6-9,11,14-15H,3-5,10,12-13H2,1-2H3,(H,23,24). The summed E-state index contributed by atoms with van der Waals surface area (Å²) in [6.45, 7) is 5.35. The van der Waals surface area contributed by atoms with E-state index >= 15 is 0 Å². The van der Waals surface area contributed by atoms with Crippen LogP contribution < -0.4 is 14.8 Å². The summed E-state index contributed by atoms with van der Waals surface area (Å²) in [4.78, 5) is 12.2. The number of amides is 1. The number of rotatable bonds is 10. The van der Waals surface area contributed by atoms with E-state index in [1.807, 2.05) is 49.4 Å². The number of carbonyl (C=O) groups excluding carboxylic acids is 1. The van der Waals surface area contributed by atoms with Crippen molar-refractivity contribution in [3.8, 4) is 11.5 Å². The average molecular weight is 420 g/mol. The molecule has 0 aliphatic heterocycles. The average Bonchev–Trinajstić information content (AvgIpc) is 2.62. The molecular formula is C21H26BrNO3. The summed E-state index contributed by atoms with van der Waals surface area (Å²) in [5, 5.41) is 2.91. The van der Waals surface area contributed by atoms with E-state index in [9.17, 15) is 4.79 Å². The van der Waals surface area contributed by atoms with Gasteiger partial charge in [0.15, 0.2) is 11.5 Å². The van der Waals surface area contributed by atoms with Gasteiger partial charge in [0, 0.05) is 16.6 Å². The maximum absolute atomic E-state index is 12.2. The van der Waals surface area contributed by atoms with Crippen molar-refractivity contribution < 1.29 is 14.3 Å². The van der Waals surface area contributed by atoms with Crippen LogP contribution in [0.3, 0.4) is 0 Å². The number of hydrogen-bond acceptors (Lipinski definition) is 3. The van der Waals surface area contributed by atoms with Gasteiger partial charge in [0.1, 0.15) is 0 Å². The molecule has 0 bridgehead atoms. The van der Waals surface area contributed by atoms with Crippen molar-refractivity contribution in [2.75, 3.05) is 18.5 Å². The zero-order chi connectivity index (χ0) is 18.8. The lowest BCUT2D eigenvalue weighted by Gasteiger charge is -2.13. The lowest BCUT2D eigenvalue weighted by molar-refractivity contribution is -0.116. The molecule has 0 heterocycles. The second kappa shape index (κ2) is 10.9. The highest BCUT2D eigenvalue weighted by Crippen LogP contribution is 2.29. The molecule has 2 rings (SSSR count). The highest BCUT2D eigenvalue weighted by molar-refractivity contribution is 9.10. The van der Waals surface area contributed by atoms with Gasteiger partial charge < -0.3 is 14.8 Å². The Hall–Kier alpha value is -2.01. The van der Waals surface area contributed by atoms with Crippen molar-refractivity contribution in [3.05, 3.63) is 52.5 Å². The number of nitrogens with one attached hydrogen (secondary N) is 1. The topological polar surface area (TPSA) is 47.6 Å². The van der Waals surface area contributed by atoms with Crippen LogP contribution in [-0.4, -0.2) is 19.1 Å². The zero-order valence-electron chi connectivity index (χ0n) is 15.4. The number of benzene rings is 2. The minimum absolute atomic E-state index is 0.00988. The second-order valence-corrected chi connectivity index (χ2v) is 6.89. The second-order valence-electron chi connectivity index (χ2n) is 5.97. The Morgan fingerprint density at radius 1 is 1.08 bits per heavy atom. The minimum Gasteiger partial charge on any atom is -0.490 e. The third kappa shape index (κ3) is 6.71. The van der Waals surface area contributed by atoms with E-state index < -0.39 is 0 Å². The molecule has 0 atom stereocenters. The van der Waals surface area contributed by atoms with Crippen LogP contribution in [0.2, 0.25) is 0 Å². The first-order valence-corrected chi connectivity index (χ1v) is 9.85. The van der Waals surface area contributed by atoms with Gasteiger partial charge in [-0.05, 0) is 55.7 Å². The van der Waals surface area contributed by atoms with Crippen LogP contribution in [0.1, 0.15) is 38.7 Å². The Morgan fingerprint density at radius 2 is 1.92 bits per heavy atom. The Morgan fingerprint density at radius 3 is 2.65 bits per heavy atom. The zero-order valence-corrected chi connectivity index (χ0v) is 17.0. The largest absolute Gasteiger partial charge is 0.490 e. The predicted molar refractivity (Wildman–Crippen MR) is 109 cm³/mol. The van der Waals surface area contributed by atoms with E-state index in [1.54, 1.807) is 0 Å². The number of ether oxygens (including phenoxy) is 2. The summed E-state index contributed by atoms with van der Waals surface area (Å²) in [6.07, 6.45) is 3.17. The first-order valence-electron chi connectivity index (χ1n) is 9.06. The number of carbonyl (C=O) groups is 1. The van der Waals surface area contributed by atoms with Crippen LogP contribution in [0.5, 0.6) is 11.5 Å². The molecule has 1 amide bonds. The molecule has 0 aromatic heterocycles. The van der Waals surface area contributed by atoms with Crippen LogP contribution in [0, 0.1) is 0 Å². The lowest BCUT2D eigenvalue weighted by atomic mass is 10.1. The molecule has 2 aromatic carbocycles. The van der Waals surface area contributed by atoms with Gasteiger partial charge in [-0.1, -0.05) is 41.4 Å². The van der Waals surface area contributed by atoms with Crippen LogP contribution >= 0.6 is 15.9 Å². The molecule has 0 aliphatic rings. The smallest absolute Gasteiger partial charge is 0.224 e. The van der Waals surface area contributed by atoms with Gasteiger partial charge in [0.05, 0.1) is 13.2 Å². The fourth-order valence-corrected chi connectivity index (χ4v) is 2.87. The van der Waals surface area contributed by atoms with Crippen molar-refractivity contribution in [2.24, 2.45) is 0 Å². The quantitative estimate of drug-likeness (QED) is 0.509. The van der Waals surface area contributed by atoms with Crippen molar-refractivity contribution in [2.45, 2.75) is 39.5 Å². The highest BCUT2D eigenvalue weighted by atomic mass is 79.9. The van der Waals surface area contributed by atoms with Gasteiger partial charge in [-0.15, -0.1) is 0 Å². The molecule has 140 valence electrons. The SMILES string of the molecule is CCCCOc1ccc(CCC(=O)Nc2cccc(Br)c2)cc1OCC. The van der Waals surface area contributed by atoms with Crippen molar-refractivity contribution >= 4 is 27.5 Å². The molecule has 0 unspecified atom stereocenters. The predicted octanol–water partition coefficient (Wildman–Crippen LogP) is 5.60. The van der Waals surface area contributed by atoms with Gasteiger partial charge in [0.2, 0.25) is 5.91 Å². The summed E-state index contributed by atoms with van der Waals surface area (Å²) in [6, 6.07) is 13.5. The van der Waals surface area contributed by atoms with E-state index in [2.05, 4.69) is 28.2 Å². The molecule has 0 radical (unpaired) electrons. The maximum Gasteiger partial charge on any atom is 0.224 e. The molecule has 1 N–H and O–H groups in total. The normalized spacial score (nSPS) is 10.4. The summed E-state index contributed by atoms with van der Waals surface area (Å²) in [5.74, 6) is 1.50. The van der Waals surface area contributed by atoms with Gasteiger partial charge in [-0.3, -0.25) is 4.79 Å².